The summed E-state index contributed by atoms with van der Waals surface area (Å²) in [5.41, 5.74) is 1.56. The Morgan fingerprint density at radius 2 is 1.77 bits per heavy atom. The first-order chi connectivity index (χ1) is 14.4. The molecule has 0 saturated carbocycles. The summed E-state index contributed by atoms with van der Waals surface area (Å²) in [7, 11) is 4.36. The zero-order valence-electron chi connectivity index (χ0n) is 16.6. The largest absolute Gasteiger partial charge is 0.497 e. The molecule has 0 unspecified atom stereocenters. The number of nitrogens with zero attached hydrogens (tertiary/aromatic N) is 2. The van der Waals surface area contributed by atoms with Gasteiger partial charge in [0.25, 0.3) is 5.91 Å². The summed E-state index contributed by atoms with van der Waals surface area (Å²) in [6.45, 7) is 0.274. The minimum atomic E-state index is -0.595. The number of carbonyl (C=O) groups excluding carboxylic acids is 2. The fourth-order valence-electron chi connectivity index (χ4n) is 2.76. The molecule has 30 heavy (non-hydrogen) atoms. The Balaban J connectivity index is 1.84. The minimum Gasteiger partial charge on any atom is -0.497 e. The molecule has 0 aliphatic carbocycles. The van der Waals surface area contributed by atoms with Crippen LogP contribution in [0.5, 0.6) is 11.5 Å². The number of esters is 1. The van der Waals surface area contributed by atoms with E-state index in [0.717, 1.165) is 5.56 Å². The van der Waals surface area contributed by atoms with Crippen molar-refractivity contribution in [3.8, 4) is 11.5 Å². The highest BCUT2D eigenvalue weighted by atomic mass is 35.5. The zero-order chi connectivity index (χ0) is 21.7. The number of benzene rings is 2. The maximum Gasteiger partial charge on any atom is 0.356 e. The van der Waals surface area contributed by atoms with Crippen molar-refractivity contribution in [1.29, 1.82) is 0 Å². The number of hydrogen-bond acceptors (Lipinski definition) is 6. The molecule has 0 fully saturated rings. The summed E-state index contributed by atoms with van der Waals surface area (Å²) in [6, 6.07) is 13.5. The third-order valence-corrected chi connectivity index (χ3v) is 4.60. The topological polar surface area (TPSA) is 91.7 Å². The predicted molar refractivity (Wildman–Crippen MR) is 112 cm³/mol. The number of aromatic nitrogens is 2. The molecule has 0 aliphatic rings. The van der Waals surface area contributed by atoms with Crippen LogP contribution in [0.4, 0.5) is 5.69 Å². The molecule has 0 spiro atoms. The molecule has 0 atom stereocenters. The molecular formula is C21H20ClN3O5. The highest BCUT2D eigenvalue weighted by Gasteiger charge is 2.20. The van der Waals surface area contributed by atoms with Crippen molar-refractivity contribution in [3.63, 3.8) is 0 Å². The van der Waals surface area contributed by atoms with Gasteiger partial charge in [0.2, 0.25) is 0 Å². The maximum atomic E-state index is 12.7. The van der Waals surface area contributed by atoms with E-state index < -0.39 is 11.9 Å². The van der Waals surface area contributed by atoms with E-state index in [-0.39, 0.29) is 17.9 Å². The van der Waals surface area contributed by atoms with Crippen molar-refractivity contribution >= 4 is 29.2 Å². The lowest BCUT2D eigenvalue weighted by atomic mass is 10.2. The van der Waals surface area contributed by atoms with Gasteiger partial charge in [0.05, 0.1) is 32.9 Å². The fraction of sp³-hybridized carbons (Fsp3) is 0.190. The third-order valence-electron chi connectivity index (χ3n) is 4.31. The van der Waals surface area contributed by atoms with Gasteiger partial charge in [0.15, 0.2) is 5.69 Å². The van der Waals surface area contributed by atoms with Crippen LogP contribution in [-0.4, -0.2) is 43.0 Å². The van der Waals surface area contributed by atoms with Gasteiger partial charge >= 0.3 is 5.97 Å². The maximum absolute atomic E-state index is 12.7. The lowest BCUT2D eigenvalue weighted by Gasteiger charge is -2.07. The highest BCUT2D eigenvalue weighted by molar-refractivity contribution is 6.32. The molecule has 1 heterocycles. The molecule has 2 aromatic carbocycles. The van der Waals surface area contributed by atoms with E-state index in [4.69, 9.17) is 25.8 Å². The number of rotatable bonds is 7. The van der Waals surface area contributed by atoms with E-state index >= 15 is 0 Å². The number of carbonyl (C=O) groups is 2. The smallest absolute Gasteiger partial charge is 0.356 e. The van der Waals surface area contributed by atoms with E-state index in [0.29, 0.717) is 22.2 Å². The minimum absolute atomic E-state index is 0.0656. The Morgan fingerprint density at radius 3 is 2.37 bits per heavy atom. The van der Waals surface area contributed by atoms with Gasteiger partial charge < -0.3 is 19.5 Å². The molecule has 1 amide bonds. The molecule has 8 nitrogen and oxygen atoms in total. The first kappa shape index (κ1) is 21.2. The average Bonchev–Trinajstić information content (AvgIpc) is 3.18. The third kappa shape index (κ3) is 4.72. The SMILES string of the molecule is COC(=O)c1cc(C(=O)Nc2ccc(OC)c(Cl)c2)nn1Cc1ccc(OC)cc1. The number of amides is 1. The number of hydrogen-bond donors (Lipinski definition) is 1. The van der Waals surface area contributed by atoms with E-state index in [1.807, 2.05) is 12.1 Å². The Kier molecular flexibility index (Phi) is 6.58. The van der Waals surface area contributed by atoms with Crippen LogP contribution in [0.2, 0.25) is 5.02 Å². The van der Waals surface area contributed by atoms with Crippen molar-refractivity contribution in [2.45, 2.75) is 6.54 Å². The van der Waals surface area contributed by atoms with Gasteiger partial charge in [-0.2, -0.15) is 5.10 Å². The van der Waals surface area contributed by atoms with Gasteiger partial charge in [-0.15, -0.1) is 0 Å². The van der Waals surface area contributed by atoms with Crippen molar-refractivity contribution in [2.24, 2.45) is 0 Å². The summed E-state index contributed by atoms with van der Waals surface area (Å²) >= 11 is 6.09. The van der Waals surface area contributed by atoms with Crippen LogP contribution in [0.3, 0.4) is 0 Å². The second-order valence-electron chi connectivity index (χ2n) is 6.22. The molecule has 0 saturated heterocycles. The number of methoxy groups -OCH3 is 3. The summed E-state index contributed by atoms with van der Waals surface area (Å²) < 4.78 is 16.5. The van der Waals surface area contributed by atoms with Crippen LogP contribution in [0.15, 0.2) is 48.5 Å². The zero-order valence-corrected chi connectivity index (χ0v) is 17.4. The quantitative estimate of drug-likeness (QED) is 0.576. The molecular weight excluding hydrogens is 410 g/mol. The van der Waals surface area contributed by atoms with Crippen LogP contribution in [0.1, 0.15) is 26.5 Å². The van der Waals surface area contributed by atoms with Crippen LogP contribution < -0.4 is 14.8 Å². The van der Waals surface area contributed by atoms with Gasteiger partial charge in [-0.25, -0.2) is 4.79 Å². The molecule has 3 aromatic rings. The first-order valence-electron chi connectivity index (χ1n) is 8.89. The Morgan fingerprint density at radius 1 is 1.03 bits per heavy atom. The molecule has 0 radical (unpaired) electrons. The van der Waals surface area contributed by atoms with Gasteiger partial charge in [0.1, 0.15) is 17.2 Å². The van der Waals surface area contributed by atoms with Gasteiger partial charge in [-0.3, -0.25) is 9.48 Å². The standard InChI is InChI=1S/C21H20ClN3O5/c1-28-15-7-4-13(5-8-15)12-25-18(21(27)30-3)11-17(24-25)20(26)23-14-6-9-19(29-2)16(22)10-14/h4-11H,12H2,1-3H3,(H,23,26). The van der Waals surface area contributed by atoms with Crippen LogP contribution in [0.25, 0.3) is 0 Å². The Hall–Kier alpha value is -3.52. The van der Waals surface area contributed by atoms with E-state index in [2.05, 4.69) is 10.4 Å². The van der Waals surface area contributed by atoms with Gasteiger partial charge in [0, 0.05) is 11.8 Å². The molecule has 0 aliphatic heterocycles. The fourth-order valence-corrected chi connectivity index (χ4v) is 3.02. The van der Waals surface area contributed by atoms with E-state index in [1.54, 1.807) is 37.4 Å². The summed E-state index contributed by atoms with van der Waals surface area (Å²) in [5, 5.41) is 7.34. The van der Waals surface area contributed by atoms with Crippen molar-refractivity contribution < 1.29 is 23.8 Å². The second kappa shape index (κ2) is 9.32. The second-order valence-corrected chi connectivity index (χ2v) is 6.62. The monoisotopic (exact) mass is 429 g/mol. The number of anilines is 1. The normalized spacial score (nSPS) is 10.4. The number of ether oxygens (including phenoxy) is 3. The highest BCUT2D eigenvalue weighted by Crippen LogP contribution is 2.27. The van der Waals surface area contributed by atoms with E-state index in [9.17, 15) is 9.59 Å². The van der Waals surface area contributed by atoms with E-state index in [1.165, 1.54) is 25.0 Å². The molecule has 1 N–H and O–H groups in total. The molecule has 156 valence electrons. The lowest BCUT2D eigenvalue weighted by Crippen LogP contribution is -2.14. The van der Waals surface area contributed by atoms with Crippen LogP contribution in [0, 0.1) is 0 Å². The van der Waals surface area contributed by atoms with Crippen molar-refractivity contribution in [2.75, 3.05) is 26.6 Å². The average molecular weight is 430 g/mol. The summed E-state index contributed by atoms with van der Waals surface area (Å²) in [4.78, 5) is 24.8. The van der Waals surface area contributed by atoms with Crippen molar-refractivity contribution in [3.05, 3.63) is 70.5 Å². The number of nitrogens with one attached hydrogen (secondary N) is 1. The number of halogens is 1. The first-order valence-corrected chi connectivity index (χ1v) is 9.27. The van der Waals surface area contributed by atoms with Crippen LogP contribution in [-0.2, 0) is 11.3 Å². The molecule has 3 rings (SSSR count). The molecule has 1 aromatic heterocycles. The Bertz CT molecular complexity index is 1060. The summed E-state index contributed by atoms with van der Waals surface area (Å²) in [5.74, 6) is 0.120. The van der Waals surface area contributed by atoms with Crippen molar-refractivity contribution in [1.82, 2.24) is 9.78 Å². The van der Waals surface area contributed by atoms with Crippen LogP contribution >= 0.6 is 11.6 Å². The molecule has 0 bridgehead atoms. The summed E-state index contributed by atoms with van der Waals surface area (Å²) in [6.07, 6.45) is 0. The Labute approximate surface area is 178 Å². The molecule has 9 heteroatoms. The lowest BCUT2D eigenvalue weighted by molar-refractivity contribution is 0.0587. The predicted octanol–water partition coefficient (Wildman–Crippen LogP) is 3.64. The van der Waals surface area contributed by atoms with Gasteiger partial charge in [-0.1, -0.05) is 23.7 Å². The van der Waals surface area contributed by atoms with Gasteiger partial charge in [-0.05, 0) is 35.9 Å².